The van der Waals surface area contributed by atoms with Crippen LogP contribution in [0.2, 0.25) is 0 Å². The van der Waals surface area contributed by atoms with Gasteiger partial charge in [0.15, 0.2) is 6.10 Å². The molecule has 1 atom stereocenters. The van der Waals surface area contributed by atoms with Gasteiger partial charge < -0.3 is 15.4 Å². The summed E-state index contributed by atoms with van der Waals surface area (Å²) in [7, 11) is 0. The van der Waals surface area contributed by atoms with Crippen LogP contribution in [0.3, 0.4) is 0 Å². The maximum Gasteiger partial charge on any atom is 0.261 e. The first-order chi connectivity index (χ1) is 9.17. The highest BCUT2D eigenvalue weighted by Gasteiger charge is 2.13. The normalized spacial score (nSPS) is 11.7. The summed E-state index contributed by atoms with van der Waals surface area (Å²) in [6.07, 6.45) is 2.70. The zero-order valence-corrected chi connectivity index (χ0v) is 11.5. The number of nitrogens with zero attached hydrogens (tertiary/aromatic N) is 1. The van der Waals surface area contributed by atoms with E-state index >= 15 is 0 Å². The van der Waals surface area contributed by atoms with Crippen molar-refractivity contribution in [2.45, 2.75) is 26.5 Å². The van der Waals surface area contributed by atoms with E-state index in [0.29, 0.717) is 12.3 Å². The standard InChI is InChI=1S/C14H21N3O2/c1-4-8-16-14(18)11(3)19-13-7-6-12(17-10-13)9-15-5-2/h4,6-7,10-11,15H,1,5,8-9H2,2-3H3,(H,16,18). The maximum atomic E-state index is 11.6. The molecule has 0 aliphatic rings. The number of hydrogen-bond acceptors (Lipinski definition) is 4. The van der Waals surface area contributed by atoms with Gasteiger partial charge in [0.1, 0.15) is 5.75 Å². The minimum atomic E-state index is -0.554. The first kappa shape index (κ1) is 15.2. The molecule has 1 aromatic heterocycles. The fourth-order valence-corrected chi connectivity index (χ4v) is 1.41. The van der Waals surface area contributed by atoms with Gasteiger partial charge >= 0.3 is 0 Å². The number of nitrogens with one attached hydrogen (secondary N) is 2. The third kappa shape index (κ3) is 5.52. The molecule has 1 amide bonds. The molecule has 0 aliphatic carbocycles. The lowest BCUT2D eigenvalue weighted by atomic mass is 10.3. The van der Waals surface area contributed by atoms with E-state index in [1.54, 1.807) is 19.2 Å². The lowest BCUT2D eigenvalue weighted by Crippen LogP contribution is -2.36. The summed E-state index contributed by atoms with van der Waals surface area (Å²) in [6.45, 7) is 9.35. The Hall–Kier alpha value is -1.88. The second-order valence-electron chi connectivity index (χ2n) is 4.06. The van der Waals surface area contributed by atoms with E-state index in [-0.39, 0.29) is 5.91 Å². The molecule has 1 rings (SSSR count). The van der Waals surface area contributed by atoms with Crippen LogP contribution in [-0.2, 0) is 11.3 Å². The molecule has 0 aromatic carbocycles. The molecule has 0 spiro atoms. The van der Waals surface area contributed by atoms with E-state index in [2.05, 4.69) is 22.2 Å². The predicted molar refractivity (Wildman–Crippen MR) is 74.9 cm³/mol. The maximum absolute atomic E-state index is 11.6. The molecule has 1 aromatic rings. The fraction of sp³-hybridized carbons (Fsp3) is 0.429. The van der Waals surface area contributed by atoms with E-state index in [1.807, 2.05) is 19.1 Å². The molecule has 104 valence electrons. The molecule has 1 heterocycles. The molecule has 0 saturated carbocycles. The van der Waals surface area contributed by atoms with Crippen LogP contribution in [0.25, 0.3) is 0 Å². The zero-order valence-electron chi connectivity index (χ0n) is 11.5. The van der Waals surface area contributed by atoms with Gasteiger partial charge in [-0.25, -0.2) is 0 Å². The van der Waals surface area contributed by atoms with Crippen LogP contribution in [0.4, 0.5) is 0 Å². The summed E-state index contributed by atoms with van der Waals surface area (Å²) in [5.41, 5.74) is 0.943. The van der Waals surface area contributed by atoms with Gasteiger partial charge in [-0.05, 0) is 25.6 Å². The van der Waals surface area contributed by atoms with E-state index in [9.17, 15) is 4.79 Å². The quantitative estimate of drug-likeness (QED) is 0.693. The van der Waals surface area contributed by atoms with Gasteiger partial charge in [0.2, 0.25) is 0 Å². The monoisotopic (exact) mass is 263 g/mol. The second-order valence-corrected chi connectivity index (χ2v) is 4.06. The number of pyridine rings is 1. The van der Waals surface area contributed by atoms with Crippen molar-refractivity contribution < 1.29 is 9.53 Å². The Balaban J connectivity index is 2.47. The van der Waals surface area contributed by atoms with Crippen LogP contribution in [0.5, 0.6) is 5.75 Å². The Labute approximate surface area is 114 Å². The fourth-order valence-electron chi connectivity index (χ4n) is 1.41. The zero-order chi connectivity index (χ0) is 14.1. The molecular formula is C14H21N3O2. The van der Waals surface area contributed by atoms with Gasteiger partial charge in [0.05, 0.1) is 11.9 Å². The van der Waals surface area contributed by atoms with Gasteiger partial charge in [-0.3, -0.25) is 9.78 Å². The van der Waals surface area contributed by atoms with E-state index in [4.69, 9.17) is 4.74 Å². The van der Waals surface area contributed by atoms with Gasteiger partial charge in [0, 0.05) is 13.1 Å². The summed E-state index contributed by atoms with van der Waals surface area (Å²) in [4.78, 5) is 15.9. The average molecular weight is 263 g/mol. The first-order valence-corrected chi connectivity index (χ1v) is 6.38. The number of rotatable bonds is 8. The van der Waals surface area contributed by atoms with Gasteiger partial charge in [-0.15, -0.1) is 6.58 Å². The van der Waals surface area contributed by atoms with Crippen LogP contribution in [0.15, 0.2) is 31.0 Å². The highest BCUT2D eigenvalue weighted by molar-refractivity contribution is 5.80. The molecule has 0 fully saturated rings. The lowest BCUT2D eigenvalue weighted by Gasteiger charge is -2.14. The average Bonchev–Trinajstić information content (AvgIpc) is 2.43. The Kier molecular flexibility index (Phi) is 6.60. The summed E-state index contributed by atoms with van der Waals surface area (Å²) in [5, 5.41) is 5.87. The smallest absolute Gasteiger partial charge is 0.261 e. The number of amides is 1. The Morgan fingerprint density at radius 2 is 2.37 bits per heavy atom. The SMILES string of the molecule is C=CCNC(=O)C(C)Oc1ccc(CNCC)nc1. The van der Waals surface area contributed by atoms with Crippen molar-refractivity contribution in [2.75, 3.05) is 13.1 Å². The number of ether oxygens (including phenoxy) is 1. The molecule has 0 radical (unpaired) electrons. The van der Waals surface area contributed by atoms with E-state index < -0.39 is 6.10 Å². The Morgan fingerprint density at radius 3 is 2.95 bits per heavy atom. The van der Waals surface area contributed by atoms with Crippen LogP contribution < -0.4 is 15.4 Å². The summed E-state index contributed by atoms with van der Waals surface area (Å²) in [6, 6.07) is 3.70. The van der Waals surface area contributed by atoms with Crippen molar-refractivity contribution in [3.63, 3.8) is 0 Å². The highest BCUT2D eigenvalue weighted by atomic mass is 16.5. The van der Waals surface area contributed by atoms with Crippen LogP contribution >= 0.6 is 0 Å². The molecule has 2 N–H and O–H groups in total. The van der Waals surface area contributed by atoms with E-state index in [0.717, 1.165) is 18.8 Å². The predicted octanol–water partition coefficient (Wildman–Crippen LogP) is 1.26. The van der Waals surface area contributed by atoms with Crippen LogP contribution in [0, 0.1) is 0 Å². The minimum Gasteiger partial charge on any atom is -0.479 e. The molecular weight excluding hydrogens is 242 g/mol. The summed E-state index contributed by atoms with van der Waals surface area (Å²) in [5.74, 6) is 0.415. The van der Waals surface area contributed by atoms with Crippen LogP contribution in [0.1, 0.15) is 19.5 Å². The molecule has 5 heteroatoms. The van der Waals surface area contributed by atoms with Gasteiger partial charge in [0.25, 0.3) is 5.91 Å². The van der Waals surface area contributed by atoms with Gasteiger partial charge in [-0.1, -0.05) is 13.0 Å². The molecule has 1 unspecified atom stereocenters. The molecule has 19 heavy (non-hydrogen) atoms. The molecule has 0 aliphatic heterocycles. The minimum absolute atomic E-state index is 0.170. The first-order valence-electron chi connectivity index (χ1n) is 6.38. The molecule has 5 nitrogen and oxygen atoms in total. The van der Waals surface area contributed by atoms with Gasteiger partial charge in [-0.2, -0.15) is 0 Å². The summed E-state index contributed by atoms with van der Waals surface area (Å²) < 4.78 is 5.50. The number of carbonyl (C=O) groups excluding carboxylic acids is 1. The third-order valence-electron chi connectivity index (χ3n) is 2.46. The van der Waals surface area contributed by atoms with Crippen molar-refractivity contribution in [2.24, 2.45) is 0 Å². The largest absolute Gasteiger partial charge is 0.479 e. The Bertz CT molecular complexity index is 404. The van der Waals surface area contributed by atoms with Crippen molar-refractivity contribution in [1.82, 2.24) is 15.6 Å². The molecule has 0 saturated heterocycles. The summed E-state index contributed by atoms with van der Waals surface area (Å²) >= 11 is 0. The molecule has 0 bridgehead atoms. The number of aromatic nitrogens is 1. The van der Waals surface area contributed by atoms with Crippen molar-refractivity contribution in [3.8, 4) is 5.75 Å². The topological polar surface area (TPSA) is 63.2 Å². The van der Waals surface area contributed by atoms with Crippen molar-refractivity contribution in [3.05, 3.63) is 36.7 Å². The number of carbonyl (C=O) groups is 1. The second kappa shape index (κ2) is 8.26. The van der Waals surface area contributed by atoms with Crippen LogP contribution in [-0.4, -0.2) is 30.1 Å². The Morgan fingerprint density at radius 1 is 1.58 bits per heavy atom. The van der Waals surface area contributed by atoms with Crippen molar-refractivity contribution >= 4 is 5.91 Å². The van der Waals surface area contributed by atoms with E-state index in [1.165, 1.54) is 0 Å². The van der Waals surface area contributed by atoms with Crippen molar-refractivity contribution in [1.29, 1.82) is 0 Å². The highest BCUT2D eigenvalue weighted by Crippen LogP contribution is 2.11. The lowest BCUT2D eigenvalue weighted by molar-refractivity contribution is -0.127. The third-order valence-corrected chi connectivity index (χ3v) is 2.46. The number of hydrogen-bond donors (Lipinski definition) is 2.